The zero-order valence-corrected chi connectivity index (χ0v) is 19.8. The van der Waals surface area contributed by atoms with Gasteiger partial charge in [-0.2, -0.15) is 0 Å². The van der Waals surface area contributed by atoms with Crippen LogP contribution in [-0.4, -0.2) is 35.1 Å². The lowest BCUT2D eigenvalue weighted by Gasteiger charge is -2.25. The molecule has 3 aliphatic rings. The molecule has 2 heterocycles. The predicted molar refractivity (Wildman–Crippen MR) is 129 cm³/mol. The van der Waals surface area contributed by atoms with Gasteiger partial charge < -0.3 is 9.64 Å². The van der Waals surface area contributed by atoms with Crippen LogP contribution in [0.2, 0.25) is 0 Å². The number of allylic oxidation sites excluding steroid dienone is 2. The van der Waals surface area contributed by atoms with Gasteiger partial charge in [-0.05, 0) is 49.1 Å². The molecule has 180 valence electrons. The first-order valence-corrected chi connectivity index (χ1v) is 12.1. The summed E-state index contributed by atoms with van der Waals surface area (Å²) in [5.41, 5.74) is 1.49. The van der Waals surface area contributed by atoms with Crippen LogP contribution >= 0.6 is 0 Å². The van der Waals surface area contributed by atoms with Gasteiger partial charge in [0.15, 0.2) is 0 Å². The van der Waals surface area contributed by atoms with Gasteiger partial charge in [-0.3, -0.25) is 24.1 Å². The normalized spacial score (nSPS) is 26.7. The van der Waals surface area contributed by atoms with Gasteiger partial charge in [0.25, 0.3) is 0 Å². The number of rotatable bonds is 5. The van der Waals surface area contributed by atoms with Crippen LogP contribution in [0.1, 0.15) is 38.3 Å². The van der Waals surface area contributed by atoms with Crippen molar-refractivity contribution in [2.45, 2.75) is 32.7 Å². The zero-order chi connectivity index (χ0) is 24.7. The van der Waals surface area contributed by atoms with E-state index in [2.05, 4.69) is 0 Å². The van der Waals surface area contributed by atoms with Crippen LogP contribution in [0, 0.1) is 23.7 Å². The van der Waals surface area contributed by atoms with Crippen molar-refractivity contribution in [1.29, 1.82) is 0 Å². The molecule has 1 aliphatic carbocycles. The lowest BCUT2D eigenvalue weighted by Crippen LogP contribution is -2.31. The van der Waals surface area contributed by atoms with Crippen LogP contribution < -0.4 is 9.64 Å². The van der Waals surface area contributed by atoms with Crippen LogP contribution in [0.15, 0.2) is 66.7 Å². The number of hydrogen-bond acceptors (Lipinski definition) is 5. The summed E-state index contributed by atoms with van der Waals surface area (Å²) >= 11 is 0. The van der Waals surface area contributed by atoms with E-state index >= 15 is 0 Å². The van der Waals surface area contributed by atoms with Crippen molar-refractivity contribution in [3.63, 3.8) is 0 Å². The number of hydrogen-bond donors (Lipinski definition) is 0. The number of esters is 1. The monoisotopic (exact) mass is 472 g/mol. The number of amides is 3. The fourth-order valence-electron chi connectivity index (χ4n) is 5.44. The molecule has 0 saturated carbocycles. The Morgan fingerprint density at radius 3 is 2.40 bits per heavy atom. The van der Waals surface area contributed by atoms with Crippen molar-refractivity contribution in [3.05, 3.63) is 72.3 Å². The number of carbonyl (C=O) groups excluding carboxylic acids is 4. The molecule has 2 aromatic rings. The van der Waals surface area contributed by atoms with E-state index in [-0.39, 0.29) is 47.9 Å². The Hall–Kier alpha value is -3.74. The van der Waals surface area contributed by atoms with Gasteiger partial charge in [-0.15, -0.1) is 0 Å². The fourth-order valence-corrected chi connectivity index (χ4v) is 5.44. The number of anilines is 1. The molecule has 35 heavy (non-hydrogen) atoms. The lowest BCUT2D eigenvalue weighted by atomic mass is 9.78. The highest BCUT2D eigenvalue weighted by Gasteiger charge is 2.50. The molecule has 5 atom stereocenters. The minimum Gasteiger partial charge on any atom is -0.426 e. The average molecular weight is 473 g/mol. The zero-order valence-electron chi connectivity index (χ0n) is 19.8. The molecule has 0 radical (unpaired) electrons. The summed E-state index contributed by atoms with van der Waals surface area (Å²) in [6.45, 7) is 4.21. The molecule has 0 bridgehead atoms. The van der Waals surface area contributed by atoms with Crippen LogP contribution in [-0.2, 0) is 19.2 Å². The molecule has 7 nitrogen and oxygen atoms in total. The molecule has 0 N–H and O–H groups in total. The molecule has 2 fully saturated rings. The molecule has 2 saturated heterocycles. The second-order valence-corrected chi connectivity index (χ2v) is 9.62. The van der Waals surface area contributed by atoms with Crippen molar-refractivity contribution >= 4 is 29.4 Å². The number of imide groups is 1. The van der Waals surface area contributed by atoms with Crippen molar-refractivity contribution in [2.24, 2.45) is 23.7 Å². The number of benzene rings is 2. The smallest absolute Gasteiger partial charge is 0.316 e. The molecule has 0 spiro atoms. The number of carbonyl (C=O) groups is 4. The third kappa shape index (κ3) is 4.16. The summed E-state index contributed by atoms with van der Waals surface area (Å²) in [7, 11) is 0. The van der Waals surface area contributed by atoms with Gasteiger partial charge in [-0.1, -0.05) is 49.4 Å². The van der Waals surface area contributed by atoms with Crippen molar-refractivity contribution < 1.29 is 23.9 Å². The molecule has 0 aromatic heterocycles. The van der Waals surface area contributed by atoms with E-state index in [0.29, 0.717) is 24.4 Å². The van der Waals surface area contributed by atoms with E-state index in [1.165, 1.54) is 4.90 Å². The molecule has 3 amide bonds. The Kier molecular flexibility index (Phi) is 6.01. The second kappa shape index (κ2) is 9.13. The van der Waals surface area contributed by atoms with E-state index in [4.69, 9.17) is 4.74 Å². The van der Waals surface area contributed by atoms with Gasteiger partial charge in [0, 0.05) is 13.0 Å². The van der Waals surface area contributed by atoms with Crippen molar-refractivity contribution in [3.8, 4) is 5.75 Å². The van der Waals surface area contributed by atoms with Gasteiger partial charge in [-0.25, -0.2) is 0 Å². The van der Waals surface area contributed by atoms with Crippen molar-refractivity contribution in [1.82, 2.24) is 4.90 Å². The highest BCUT2D eigenvalue weighted by molar-refractivity contribution is 6.22. The first-order chi connectivity index (χ1) is 16.8. The van der Waals surface area contributed by atoms with Gasteiger partial charge in [0.05, 0.1) is 29.5 Å². The Bertz CT molecular complexity index is 1190. The van der Waals surface area contributed by atoms with Crippen LogP contribution in [0.4, 0.5) is 5.69 Å². The van der Waals surface area contributed by atoms with E-state index in [1.54, 1.807) is 29.2 Å². The summed E-state index contributed by atoms with van der Waals surface area (Å²) in [6.07, 6.45) is 4.65. The minimum atomic E-state index is -0.549. The molecule has 2 aromatic carbocycles. The molecule has 2 aliphatic heterocycles. The van der Waals surface area contributed by atoms with Crippen molar-refractivity contribution in [2.75, 3.05) is 11.4 Å². The topological polar surface area (TPSA) is 84.0 Å². The van der Waals surface area contributed by atoms with E-state index in [9.17, 15) is 19.2 Å². The first-order valence-electron chi connectivity index (χ1n) is 12.1. The summed E-state index contributed by atoms with van der Waals surface area (Å²) in [6, 6.07) is 16.0. The largest absolute Gasteiger partial charge is 0.426 e. The Morgan fingerprint density at radius 1 is 1.00 bits per heavy atom. The summed E-state index contributed by atoms with van der Waals surface area (Å²) in [5, 5.41) is 0. The quantitative estimate of drug-likeness (QED) is 0.285. The van der Waals surface area contributed by atoms with Gasteiger partial charge in [0.1, 0.15) is 5.75 Å². The minimum absolute atomic E-state index is 0.0220. The lowest BCUT2D eigenvalue weighted by molar-refractivity contribution is -0.139. The van der Waals surface area contributed by atoms with E-state index in [1.807, 2.05) is 56.3 Å². The SMILES string of the molecule is C[C@@H]1C=CC[C@@H]2C(=O)N(c3ccc(OC(=O)[C@@H]4CC(=O)N([C@@H](C)c5ccccc5)C4)cc3)C(=O)[C@@H]12. The Morgan fingerprint density at radius 2 is 1.71 bits per heavy atom. The maximum absolute atomic E-state index is 13.0. The summed E-state index contributed by atoms with van der Waals surface area (Å²) in [5.74, 6) is -1.76. The molecular weight excluding hydrogens is 444 g/mol. The third-order valence-corrected chi connectivity index (χ3v) is 7.43. The molecule has 0 unspecified atom stereocenters. The Balaban J connectivity index is 1.23. The fraction of sp³-hybridized carbons (Fsp3) is 0.357. The van der Waals surface area contributed by atoms with Crippen LogP contribution in [0.25, 0.3) is 0 Å². The average Bonchev–Trinajstić information content (AvgIpc) is 3.38. The maximum atomic E-state index is 13.0. The second-order valence-electron chi connectivity index (χ2n) is 9.62. The predicted octanol–water partition coefficient (Wildman–Crippen LogP) is 3.90. The highest BCUT2D eigenvalue weighted by atomic mass is 16.5. The molecule has 5 rings (SSSR count). The number of fused-ring (bicyclic) bond motifs is 1. The Labute approximate surface area is 204 Å². The van der Waals surface area contributed by atoms with E-state index in [0.717, 1.165) is 5.56 Å². The van der Waals surface area contributed by atoms with Gasteiger partial charge >= 0.3 is 5.97 Å². The maximum Gasteiger partial charge on any atom is 0.316 e. The van der Waals surface area contributed by atoms with Crippen LogP contribution in [0.5, 0.6) is 5.75 Å². The third-order valence-electron chi connectivity index (χ3n) is 7.43. The number of likely N-dealkylation sites (tertiary alicyclic amines) is 1. The van der Waals surface area contributed by atoms with Gasteiger partial charge in [0.2, 0.25) is 17.7 Å². The standard InChI is InChI=1S/C28H28N2O5/c1-17-7-6-10-23-25(17)27(33)30(26(23)32)21-11-13-22(14-12-21)35-28(34)20-15-24(31)29(16-20)18(2)19-8-4-3-5-9-19/h3-9,11-14,17-18,20,23,25H,10,15-16H2,1-2H3/t17-,18+,20-,23+,25+/m1/s1. The highest BCUT2D eigenvalue weighted by Crippen LogP contribution is 2.40. The molecule has 7 heteroatoms. The van der Waals surface area contributed by atoms with Crippen LogP contribution in [0.3, 0.4) is 0 Å². The first kappa shape index (κ1) is 23.0. The molecular formula is C28H28N2O5. The van der Waals surface area contributed by atoms with E-state index < -0.39 is 11.9 Å². The number of nitrogens with zero attached hydrogens (tertiary/aromatic N) is 2. The number of ether oxygens (including phenoxy) is 1. The summed E-state index contributed by atoms with van der Waals surface area (Å²) in [4.78, 5) is 54.2. The summed E-state index contributed by atoms with van der Waals surface area (Å²) < 4.78 is 5.55.